The first kappa shape index (κ1) is 23.9. The zero-order chi connectivity index (χ0) is 23.0. The van der Waals surface area contributed by atoms with Crippen LogP contribution in [0.4, 0.5) is 0 Å². The zero-order valence-electron chi connectivity index (χ0n) is 18.4. The molecule has 0 spiro atoms. The summed E-state index contributed by atoms with van der Waals surface area (Å²) in [5, 5.41) is 2.53. The van der Waals surface area contributed by atoms with Gasteiger partial charge in [-0.2, -0.15) is 0 Å². The fraction of sp³-hybridized carbons (Fsp3) is 0.391. The number of methoxy groups -OCH3 is 1. The van der Waals surface area contributed by atoms with Gasteiger partial charge < -0.3 is 19.5 Å². The van der Waals surface area contributed by atoms with Gasteiger partial charge in [-0.1, -0.05) is 38.1 Å². The fourth-order valence-corrected chi connectivity index (χ4v) is 2.92. The standard InChI is InChI=1S/C23H28N2O6/c1-6-19(26)31-21-18(29-5)11-12-24-20(21)22(27)25-16(4)23(28)30-13-15(3)17-10-8-7-9-14(17)2/h7-12,15-16H,6,13H2,1-5H3,(H,25,27). The number of hydrogen-bond acceptors (Lipinski definition) is 7. The summed E-state index contributed by atoms with van der Waals surface area (Å²) >= 11 is 0. The van der Waals surface area contributed by atoms with Crippen LogP contribution in [0.2, 0.25) is 0 Å². The minimum Gasteiger partial charge on any atom is -0.493 e. The Morgan fingerprint density at radius 1 is 1.13 bits per heavy atom. The minimum absolute atomic E-state index is 0.00756. The van der Waals surface area contributed by atoms with Gasteiger partial charge in [-0.05, 0) is 25.0 Å². The van der Waals surface area contributed by atoms with Gasteiger partial charge >= 0.3 is 11.9 Å². The van der Waals surface area contributed by atoms with Crippen LogP contribution in [0.5, 0.6) is 11.5 Å². The molecule has 0 aliphatic heterocycles. The van der Waals surface area contributed by atoms with Gasteiger partial charge in [0.05, 0.1) is 13.7 Å². The highest BCUT2D eigenvalue weighted by Gasteiger charge is 2.25. The molecule has 0 aliphatic carbocycles. The Morgan fingerprint density at radius 2 is 1.84 bits per heavy atom. The first-order valence-corrected chi connectivity index (χ1v) is 10.0. The van der Waals surface area contributed by atoms with E-state index in [2.05, 4.69) is 10.3 Å². The van der Waals surface area contributed by atoms with Crippen LogP contribution in [0.1, 0.15) is 54.7 Å². The van der Waals surface area contributed by atoms with Gasteiger partial charge in [0.15, 0.2) is 11.4 Å². The van der Waals surface area contributed by atoms with Crippen LogP contribution < -0.4 is 14.8 Å². The third kappa shape index (κ3) is 6.28. The highest BCUT2D eigenvalue weighted by Crippen LogP contribution is 2.30. The van der Waals surface area contributed by atoms with Gasteiger partial charge in [-0.15, -0.1) is 0 Å². The Balaban J connectivity index is 2.04. The van der Waals surface area contributed by atoms with Crippen LogP contribution >= 0.6 is 0 Å². The number of rotatable bonds is 9. The van der Waals surface area contributed by atoms with E-state index in [1.807, 2.05) is 38.1 Å². The van der Waals surface area contributed by atoms with E-state index in [1.54, 1.807) is 6.92 Å². The minimum atomic E-state index is -0.931. The van der Waals surface area contributed by atoms with E-state index in [0.29, 0.717) is 0 Å². The molecule has 1 aromatic carbocycles. The second-order valence-corrected chi connectivity index (χ2v) is 7.10. The molecule has 2 rings (SSSR count). The van der Waals surface area contributed by atoms with Gasteiger partial charge in [-0.25, -0.2) is 9.78 Å². The predicted molar refractivity (Wildman–Crippen MR) is 114 cm³/mol. The van der Waals surface area contributed by atoms with Gasteiger partial charge in [0, 0.05) is 24.6 Å². The molecule has 8 heteroatoms. The van der Waals surface area contributed by atoms with Crippen molar-refractivity contribution in [1.29, 1.82) is 0 Å². The molecular formula is C23H28N2O6. The molecule has 1 amide bonds. The van der Waals surface area contributed by atoms with Crippen molar-refractivity contribution in [2.24, 2.45) is 0 Å². The van der Waals surface area contributed by atoms with Crippen LogP contribution in [-0.2, 0) is 14.3 Å². The SMILES string of the molecule is CCC(=O)Oc1c(OC)ccnc1C(=O)NC(C)C(=O)OCC(C)c1ccccc1C. The molecule has 31 heavy (non-hydrogen) atoms. The number of pyridine rings is 1. The summed E-state index contributed by atoms with van der Waals surface area (Å²) in [5.41, 5.74) is 2.05. The molecule has 0 saturated carbocycles. The first-order chi connectivity index (χ1) is 14.8. The number of aromatic nitrogens is 1. The normalized spacial score (nSPS) is 12.4. The third-order valence-corrected chi connectivity index (χ3v) is 4.70. The van der Waals surface area contributed by atoms with Crippen LogP contribution in [0, 0.1) is 6.92 Å². The Hall–Kier alpha value is -3.42. The number of benzene rings is 1. The number of nitrogens with one attached hydrogen (secondary N) is 1. The van der Waals surface area contributed by atoms with Crippen molar-refractivity contribution in [1.82, 2.24) is 10.3 Å². The number of amides is 1. The first-order valence-electron chi connectivity index (χ1n) is 10.0. The third-order valence-electron chi connectivity index (χ3n) is 4.70. The lowest BCUT2D eigenvalue weighted by atomic mass is 9.97. The molecular weight excluding hydrogens is 400 g/mol. The summed E-state index contributed by atoms with van der Waals surface area (Å²) in [5.74, 6) is -1.71. The summed E-state index contributed by atoms with van der Waals surface area (Å²) in [6.07, 6.45) is 1.46. The molecule has 8 nitrogen and oxygen atoms in total. The maximum Gasteiger partial charge on any atom is 0.328 e. The van der Waals surface area contributed by atoms with Crippen LogP contribution in [0.15, 0.2) is 36.5 Å². The van der Waals surface area contributed by atoms with Gasteiger partial charge in [0.2, 0.25) is 5.75 Å². The molecule has 0 radical (unpaired) electrons. The lowest BCUT2D eigenvalue weighted by molar-refractivity contribution is -0.146. The summed E-state index contributed by atoms with van der Waals surface area (Å²) in [6.45, 7) is 7.28. The number of ether oxygens (including phenoxy) is 3. The van der Waals surface area contributed by atoms with E-state index in [9.17, 15) is 14.4 Å². The second kappa shape index (κ2) is 11.1. The van der Waals surface area contributed by atoms with Gasteiger partial charge in [0.25, 0.3) is 5.91 Å². The highest BCUT2D eigenvalue weighted by atomic mass is 16.6. The van der Waals surface area contributed by atoms with Crippen molar-refractivity contribution in [3.8, 4) is 11.5 Å². The fourth-order valence-electron chi connectivity index (χ4n) is 2.92. The lowest BCUT2D eigenvalue weighted by Gasteiger charge is -2.18. The molecule has 0 bridgehead atoms. The molecule has 0 aliphatic rings. The molecule has 2 atom stereocenters. The predicted octanol–water partition coefficient (Wildman–Crippen LogP) is 3.18. The average molecular weight is 428 g/mol. The Kier molecular flexibility index (Phi) is 8.54. The van der Waals surface area contributed by atoms with Crippen molar-refractivity contribution in [2.45, 2.75) is 46.1 Å². The molecule has 0 saturated heterocycles. The zero-order valence-corrected chi connectivity index (χ0v) is 18.4. The van der Waals surface area contributed by atoms with Crippen molar-refractivity contribution in [3.05, 3.63) is 53.3 Å². The summed E-state index contributed by atoms with van der Waals surface area (Å²) < 4.78 is 15.8. The summed E-state index contributed by atoms with van der Waals surface area (Å²) in [4.78, 5) is 40.8. The van der Waals surface area contributed by atoms with Crippen molar-refractivity contribution < 1.29 is 28.6 Å². The monoisotopic (exact) mass is 428 g/mol. The number of esters is 2. The van der Waals surface area contributed by atoms with E-state index in [4.69, 9.17) is 14.2 Å². The lowest BCUT2D eigenvalue weighted by Crippen LogP contribution is -2.40. The maximum atomic E-state index is 12.7. The van der Waals surface area contributed by atoms with Gasteiger partial charge in [-0.3, -0.25) is 9.59 Å². The topological polar surface area (TPSA) is 104 Å². The smallest absolute Gasteiger partial charge is 0.328 e. The molecule has 1 N–H and O–H groups in total. The molecule has 166 valence electrons. The van der Waals surface area contributed by atoms with E-state index in [1.165, 1.54) is 26.3 Å². The van der Waals surface area contributed by atoms with E-state index in [0.717, 1.165) is 11.1 Å². The number of carbonyl (C=O) groups is 3. The highest BCUT2D eigenvalue weighted by molar-refractivity contribution is 5.98. The molecule has 1 aromatic heterocycles. The average Bonchev–Trinajstić information content (AvgIpc) is 2.77. The number of hydrogen-bond donors (Lipinski definition) is 1. The van der Waals surface area contributed by atoms with E-state index >= 15 is 0 Å². The largest absolute Gasteiger partial charge is 0.493 e. The van der Waals surface area contributed by atoms with Gasteiger partial charge in [0.1, 0.15) is 6.04 Å². The van der Waals surface area contributed by atoms with Crippen LogP contribution in [-0.4, -0.2) is 42.6 Å². The molecule has 2 unspecified atom stereocenters. The Morgan fingerprint density at radius 3 is 2.48 bits per heavy atom. The maximum absolute atomic E-state index is 12.7. The molecule has 2 aromatic rings. The van der Waals surface area contributed by atoms with Crippen molar-refractivity contribution >= 4 is 17.8 Å². The molecule has 0 fully saturated rings. The van der Waals surface area contributed by atoms with Crippen molar-refractivity contribution in [2.75, 3.05) is 13.7 Å². The van der Waals surface area contributed by atoms with Crippen LogP contribution in [0.25, 0.3) is 0 Å². The Labute approximate surface area is 181 Å². The number of carbonyl (C=O) groups excluding carboxylic acids is 3. The summed E-state index contributed by atoms with van der Waals surface area (Å²) in [7, 11) is 1.38. The summed E-state index contributed by atoms with van der Waals surface area (Å²) in [6, 6.07) is 8.42. The van der Waals surface area contributed by atoms with E-state index in [-0.39, 0.29) is 36.1 Å². The quantitative estimate of drug-likeness (QED) is 0.612. The number of nitrogens with zero attached hydrogens (tertiary/aromatic N) is 1. The van der Waals surface area contributed by atoms with Crippen molar-refractivity contribution in [3.63, 3.8) is 0 Å². The second-order valence-electron chi connectivity index (χ2n) is 7.10. The Bertz CT molecular complexity index is 943. The molecule has 1 heterocycles. The number of aryl methyl sites for hydroxylation is 1. The van der Waals surface area contributed by atoms with E-state index < -0.39 is 23.9 Å². The van der Waals surface area contributed by atoms with Crippen LogP contribution in [0.3, 0.4) is 0 Å².